The van der Waals surface area contributed by atoms with Gasteiger partial charge in [0.05, 0.1) is 5.56 Å². The maximum atomic E-state index is 12.5. The van der Waals surface area contributed by atoms with Crippen LogP contribution in [0.25, 0.3) is 0 Å². The number of alkyl halides is 3. The van der Waals surface area contributed by atoms with Gasteiger partial charge < -0.3 is 9.47 Å². The molecular weight excluding hydrogens is 285 g/mol. The van der Waals surface area contributed by atoms with Gasteiger partial charge >= 0.3 is 6.36 Å². The lowest BCUT2D eigenvalue weighted by molar-refractivity contribution is -0.274. The van der Waals surface area contributed by atoms with Crippen LogP contribution in [0.4, 0.5) is 13.2 Å². The van der Waals surface area contributed by atoms with Crippen molar-refractivity contribution < 1.29 is 27.4 Å². The minimum absolute atomic E-state index is 0.136. The van der Waals surface area contributed by atoms with Crippen LogP contribution < -0.4 is 4.74 Å². The van der Waals surface area contributed by atoms with E-state index in [0.29, 0.717) is 0 Å². The average molecular weight is 304 g/mol. The monoisotopic (exact) mass is 304 g/mol. The quantitative estimate of drug-likeness (QED) is 0.764. The van der Waals surface area contributed by atoms with Crippen molar-refractivity contribution in [2.75, 3.05) is 6.61 Å². The van der Waals surface area contributed by atoms with E-state index in [2.05, 4.69) is 4.74 Å². The number of rotatable bonds is 5. The lowest BCUT2D eigenvalue weighted by Crippen LogP contribution is -2.37. The predicted molar refractivity (Wildman–Crippen MR) is 72.3 cm³/mol. The molecule has 0 N–H and O–H groups in total. The van der Waals surface area contributed by atoms with Crippen LogP contribution in [0.5, 0.6) is 5.75 Å². The lowest BCUT2D eigenvalue weighted by Gasteiger charge is -2.29. The zero-order valence-electron chi connectivity index (χ0n) is 12.5. The SMILES string of the molecule is CCOC(C(=O)c1ccccc1OC(F)(F)F)C(C)(C)C. The third-order valence-electron chi connectivity index (χ3n) is 2.74. The maximum Gasteiger partial charge on any atom is 0.573 e. The van der Waals surface area contributed by atoms with E-state index in [-0.39, 0.29) is 12.2 Å². The molecule has 118 valence electrons. The smallest absolute Gasteiger partial charge is 0.405 e. The molecule has 0 radical (unpaired) electrons. The number of halogens is 3. The topological polar surface area (TPSA) is 35.5 Å². The molecule has 0 spiro atoms. The van der Waals surface area contributed by atoms with Crippen LogP contribution in [0.1, 0.15) is 38.1 Å². The van der Waals surface area contributed by atoms with Crippen molar-refractivity contribution in [1.29, 1.82) is 0 Å². The van der Waals surface area contributed by atoms with Crippen LogP contribution in [0, 0.1) is 5.41 Å². The van der Waals surface area contributed by atoms with E-state index in [1.165, 1.54) is 18.2 Å². The highest BCUT2D eigenvalue weighted by Crippen LogP contribution is 2.31. The molecule has 0 saturated heterocycles. The van der Waals surface area contributed by atoms with E-state index >= 15 is 0 Å². The van der Waals surface area contributed by atoms with E-state index < -0.39 is 29.4 Å². The Bertz CT molecular complexity index is 490. The Hall–Kier alpha value is -1.56. The van der Waals surface area contributed by atoms with Crippen LogP contribution in [-0.4, -0.2) is 24.9 Å². The highest BCUT2D eigenvalue weighted by Gasteiger charge is 2.37. The summed E-state index contributed by atoms with van der Waals surface area (Å²) in [6.45, 7) is 7.38. The van der Waals surface area contributed by atoms with Crippen LogP contribution >= 0.6 is 0 Å². The third-order valence-corrected chi connectivity index (χ3v) is 2.74. The van der Waals surface area contributed by atoms with Crippen molar-refractivity contribution in [2.24, 2.45) is 5.41 Å². The van der Waals surface area contributed by atoms with Crippen molar-refractivity contribution >= 4 is 5.78 Å². The molecule has 0 bridgehead atoms. The molecule has 3 nitrogen and oxygen atoms in total. The van der Waals surface area contributed by atoms with Gasteiger partial charge in [-0.25, -0.2) is 0 Å². The van der Waals surface area contributed by atoms with Crippen molar-refractivity contribution in [2.45, 2.75) is 40.2 Å². The van der Waals surface area contributed by atoms with Gasteiger partial charge in [0, 0.05) is 6.61 Å². The Kier molecular flexibility index (Phi) is 5.39. The second-order valence-corrected chi connectivity index (χ2v) is 5.61. The van der Waals surface area contributed by atoms with Gasteiger partial charge in [0.2, 0.25) is 0 Å². The molecule has 1 unspecified atom stereocenters. The molecule has 6 heteroatoms. The normalized spacial score (nSPS) is 13.9. The number of ether oxygens (including phenoxy) is 2. The highest BCUT2D eigenvalue weighted by atomic mass is 19.4. The molecule has 0 aliphatic carbocycles. The van der Waals surface area contributed by atoms with Gasteiger partial charge in [-0.1, -0.05) is 32.9 Å². The van der Waals surface area contributed by atoms with Gasteiger partial charge in [0.15, 0.2) is 5.78 Å². The van der Waals surface area contributed by atoms with Crippen LogP contribution in [0.15, 0.2) is 24.3 Å². The van der Waals surface area contributed by atoms with Gasteiger partial charge in [-0.3, -0.25) is 4.79 Å². The average Bonchev–Trinajstić information content (AvgIpc) is 2.32. The van der Waals surface area contributed by atoms with Crippen molar-refractivity contribution in [1.82, 2.24) is 0 Å². The fraction of sp³-hybridized carbons (Fsp3) is 0.533. The molecule has 0 heterocycles. The summed E-state index contributed by atoms with van der Waals surface area (Å²) in [5.41, 5.74) is -0.679. The van der Waals surface area contributed by atoms with E-state index in [4.69, 9.17) is 4.74 Å². The summed E-state index contributed by atoms with van der Waals surface area (Å²) in [4.78, 5) is 12.5. The molecule has 1 aromatic carbocycles. The Morgan fingerprint density at radius 1 is 1.19 bits per heavy atom. The molecule has 0 aromatic heterocycles. The number of ketones is 1. The summed E-state index contributed by atoms with van der Waals surface area (Å²) >= 11 is 0. The zero-order chi connectivity index (χ0) is 16.3. The van der Waals surface area contributed by atoms with Gasteiger partial charge in [0.1, 0.15) is 11.9 Å². The van der Waals surface area contributed by atoms with Gasteiger partial charge in [0.25, 0.3) is 0 Å². The molecule has 0 saturated carbocycles. The third kappa shape index (κ3) is 5.04. The number of hydrogen-bond donors (Lipinski definition) is 0. The Morgan fingerprint density at radius 2 is 1.76 bits per heavy atom. The fourth-order valence-corrected chi connectivity index (χ4v) is 1.91. The molecule has 1 atom stereocenters. The Labute approximate surface area is 122 Å². The summed E-state index contributed by atoms with van der Waals surface area (Å²) in [5, 5.41) is 0. The van der Waals surface area contributed by atoms with Gasteiger partial charge in [-0.15, -0.1) is 13.2 Å². The first-order chi connectivity index (χ1) is 9.56. The highest BCUT2D eigenvalue weighted by molar-refractivity contribution is 6.02. The maximum absolute atomic E-state index is 12.5. The zero-order valence-corrected chi connectivity index (χ0v) is 12.5. The van der Waals surface area contributed by atoms with Crippen LogP contribution in [0.3, 0.4) is 0 Å². The number of hydrogen-bond acceptors (Lipinski definition) is 3. The summed E-state index contributed by atoms with van der Waals surface area (Å²) in [5.74, 6) is -1.03. The summed E-state index contributed by atoms with van der Waals surface area (Å²) < 4.78 is 46.5. The molecule has 1 rings (SSSR count). The van der Waals surface area contributed by atoms with E-state index in [1.54, 1.807) is 27.7 Å². The molecule has 0 fully saturated rings. The number of carbonyl (C=O) groups is 1. The molecule has 0 amide bonds. The molecule has 0 aliphatic heterocycles. The summed E-state index contributed by atoms with van der Waals surface area (Å²) in [7, 11) is 0. The molecule has 0 aliphatic rings. The second-order valence-electron chi connectivity index (χ2n) is 5.61. The van der Waals surface area contributed by atoms with Crippen LogP contribution in [0.2, 0.25) is 0 Å². The minimum atomic E-state index is -4.85. The largest absolute Gasteiger partial charge is 0.573 e. The Morgan fingerprint density at radius 3 is 2.24 bits per heavy atom. The summed E-state index contributed by atoms with van der Waals surface area (Å²) in [6.07, 6.45) is -5.69. The summed E-state index contributed by atoms with van der Waals surface area (Å²) in [6, 6.07) is 5.29. The number of para-hydroxylation sites is 1. The first kappa shape index (κ1) is 17.5. The number of benzene rings is 1. The minimum Gasteiger partial charge on any atom is -0.405 e. The number of Topliss-reactive ketones (excluding diaryl/α,β-unsaturated/α-hetero) is 1. The first-order valence-corrected chi connectivity index (χ1v) is 6.57. The molecular formula is C15H19F3O3. The first-order valence-electron chi connectivity index (χ1n) is 6.57. The number of carbonyl (C=O) groups excluding carboxylic acids is 1. The van der Waals surface area contributed by atoms with E-state index in [1.807, 2.05) is 0 Å². The van der Waals surface area contributed by atoms with Gasteiger partial charge in [-0.05, 0) is 24.5 Å². The standard InChI is InChI=1S/C15H19F3O3/c1-5-20-13(14(2,3)4)12(19)10-8-6-7-9-11(10)21-15(16,17)18/h6-9,13H,5H2,1-4H3. The predicted octanol–water partition coefficient (Wildman–Crippen LogP) is 4.22. The lowest BCUT2D eigenvalue weighted by atomic mass is 9.84. The molecule has 21 heavy (non-hydrogen) atoms. The van der Waals surface area contributed by atoms with Gasteiger partial charge in [-0.2, -0.15) is 0 Å². The second kappa shape index (κ2) is 6.47. The van der Waals surface area contributed by atoms with Crippen molar-refractivity contribution in [3.8, 4) is 5.75 Å². The van der Waals surface area contributed by atoms with Crippen LogP contribution in [-0.2, 0) is 4.74 Å². The van der Waals surface area contributed by atoms with E-state index in [0.717, 1.165) is 6.07 Å². The van der Waals surface area contributed by atoms with Crippen molar-refractivity contribution in [3.63, 3.8) is 0 Å². The van der Waals surface area contributed by atoms with E-state index in [9.17, 15) is 18.0 Å². The Balaban J connectivity index is 3.17. The fourth-order valence-electron chi connectivity index (χ4n) is 1.91. The molecule has 1 aromatic rings. The van der Waals surface area contributed by atoms with Crippen molar-refractivity contribution in [3.05, 3.63) is 29.8 Å².